The van der Waals surface area contributed by atoms with Gasteiger partial charge in [-0.3, -0.25) is 9.78 Å². The monoisotopic (exact) mass is 456 g/mol. The van der Waals surface area contributed by atoms with E-state index >= 15 is 0 Å². The zero-order valence-electron chi connectivity index (χ0n) is 17.4. The fraction of sp³-hybridized carbons (Fsp3) is 0.273. The second-order valence-electron chi connectivity index (χ2n) is 7.55. The van der Waals surface area contributed by atoms with Crippen molar-refractivity contribution in [1.29, 1.82) is 0 Å². The number of benzene rings is 2. The van der Waals surface area contributed by atoms with Gasteiger partial charge in [0.1, 0.15) is 11.3 Å². The molecule has 0 bridgehead atoms. The molecule has 0 radical (unpaired) electrons. The van der Waals surface area contributed by atoms with Crippen LogP contribution in [0.1, 0.15) is 34.3 Å². The summed E-state index contributed by atoms with van der Waals surface area (Å²) in [7, 11) is 1.36. The third-order valence-corrected chi connectivity index (χ3v) is 5.71. The molecule has 0 atom stereocenters. The number of carbonyl (C=O) groups is 2. The first-order valence-corrected chi connectivity index (χ1v) is 10.4. The van der Waals surface area contributed by atoms with Crippen LogP contribution >= 0.6 is 11.6 Å². The first kappa shape index (κ1) is 21.6. The van der Waals surface area contributed by atoms with E-state index in [1.807, 2.05) is 6.07 Å². The molecule has 1 aliphatic rings. The number of methoxy groups -OCH3 is 1. The molecule has 166 valence electrons. The highest BCUT2D eigenvalue weighted by Crippen LogP contribution is 2.32. The number of amides is 1. The van der Waals surface area contributed by atoms with Crippen molar-refractivity contribution in [1.82, 2.24) is 20.1 Å². The number of H-pyrrole nitrogens is 1. The summed E-state index contributed by atoms with van der Waals surface area (Å²) in [6.07, 6.45) is 1.80. The summed E-state index contributed by atoms with van der Waals surface area (Å²) in [6, 6.07) is 8.10. The third kappa shape index (κ3) is 3.99. The van der Waals surface area contributed by atoms with Gasteiger partial charge in [0.15, 0.2) is 5.82 Å². The number of ether oxygens (including phenoxy) is 1. The van der Waals surface area contributed by atoms with E-state index in [9.17, 15) is 19.5 Å². The van der Waals surface area contributed by atoms with Crippen LogP contribution in [0.25, 0.3) is 17.1 Å². The quantitative estimate of drug-likeness (QED) is 0.501. The first-order chi connectivity index (χ1) is 15.3. The molecule has 9 nitrogen and oxygen atoms in total. The molecule has 3 aromatic rings. The molecule has 3 N–H and O–H groups in total. The summed E-state index contributed by atoms with van der Waals surface area (Å²) in [4.78, 5) is 39.0. The zero-order chi connectivity index (χ0) is 23.0. The van der Waals surface area contributed by atoms with E-state index in [0.29, 0.717) is 27.4 Å². The smallest absolute Gasteiger partial charge is 0.348 e. The van der Waals surface area contributed by atoms with Crippen LogP contribution in [-0.4, -0.2) is 38.9 Å². The van der Waals surface area contributed by atoms with E-state index < -0.39 is 11.7 Å². The Hall–Kier alpha value is -3.59. The summed E-state index contributed by atoms with van der Waals surface area (Å²) in [6.45, 7) is 1.90. The number of nitrogens with one attached hydrogen (secondary N) is 2. The highest BCUT2D eigenvalue weighted by molar-refractivity contribution is 6.33. The van der Waals surface area contributed by atoms with E-state index in [2.05, 4.69) is 15.4 Å². The Morgan fingerprint density at radius 3 is 2.72 bits per heavy atom. The molecular formula is C22H21ClN4O5. The predicted molar refractivity (Wildman–Crippen MR) is 117 cm³/mol. The highest BCUT2D eigenvalue weighted by Gasteiger charge is 2.29. The number of carboxylic acid groups (broad SMARTS) is 1. The minimum atomic E-state index is -1.14. The third-order valence-electron chi connectivity index (χ3n) is 5.40. The van der Waals surface area contributed by atoms with Crippen LogP contribution in [0.4, 0.5) is 0 Å². The van der Waals surface area contributed by atoms with Crippen LogP contribution < -0.4 is 15.7 Å². The lowest BCUT2D eigenvalue weighted by molar-refractivity contribution is -0.122. The van der Waals surface area contributed by atoms with Crippen LogP contribution in [0.5, 0.6) is 5.75 Å². The molecule has 0 unspecified atom stereocenters. The van der Waals surface area contributed by atoms with Gasteiger partial charge in [0.2, 0.25) is 5.91 Å². The number of rotatable bonds is 7. The normalized spacial score (nSPS) is 13.1. The van der Waals surface area contributed by atoms with Gasteiger partial charge in [-0.25, -0.2) is 9.59 Å². The molecule has 1 aliphatic carbocycles. The average Bonchev–Trinajstić information content (AvgIpc) is 3.54. The molecule has 4 rings (SSSR count). The fourth-order valence-corrected chi connectivity index (χ4v) is 3.88. The summed E-state index contributed by atoms with van der Waals surface area (Å²) >= 11 is 6.43. The minimum absolute atomic E-state index is 0.00353. The first-order valence-electron chi connectivity index (χ1n) is 9.98. The van der Waals surface area contributed by atoms with Crippen molar-refractivity contribution in [2.45, 2.75) is 26.3 Å². The Morgan fingerprint density at radius 2 is 2.06 bits per heavy atom. The average molecular weight is 457 g/mol. The van der Waals surface area contributed by atoms with Crippen molar-refractivity contribution in [2.75, 3.05) is 7.11 Å². The summed E-state index contributed by atoms with van der Waals surface area (Å²) in [5.74, 6) is -0.690. The maximum atomic E-state index is 12.7. The summed E-state index contributed by atoms with van der Waals surface area (Å²) in [5.41, 5.74) is 1.49. The lowest BCUT2D eigenvalue weighted by atomic mass is 10.1. The largest absolute Gasteiger partial charge is 0.495 e. The number of carbonyl (C=O) groups excluding carboxylic acids is 1. The molecule has 0 spiro atoms. The van der Waals surface area contributed by atoms with E-state index in [-0.39, 0.29) is 35.5 Å². The zero-order valence-corrected chi connectivity index (χ0v) is 18.2. The molecule has 0 aliphatic heterocycles. The number of hydrogen-bond donors (Lipinski definition) is 3. The molecular weight excluding hydrogens is 436 g/mol. The van der Waals surface area contributed by atoms with Crippen LogP contribution in [0.3, 0.4) is 0 Å². The van der Waals surface area contributed by atoms with E-state index in [1.54, 1.807) is 19.1 Å². The summed E-state index contributed by atoms with van der Waals surface area (Å²) in [5, 5.41) is 17.0. The van der Waals surface area contributed by atoms with Gasteiger partial charge in [-0.15, -0.1) is 5.10 Å². The Kier molecular flexibility index (Phi) is 5.75. The lowest BCUT2D eigenvalue weighted by Crippen LogP contribution is -2.24. The Bertz CT molecular complexity index is 1280. The standard InChI is InChI=1S/C22H21ClN4O5/c1-11-16(9-8-14(21(29)30)18(11)32-2)27-22(31)25-19(26-27)17-13(4-3-5-15(17)23)10-24-20(28)12-6-7-12/h3-5,8-9,12H,6-7,10H2,1-2H3,(H,24,28)(H,29,30)(H,25,26,31). The van der Waals surface area contributed by atoms with Gasteiger partial charge < -0.3 is 15.2 Å². The highest BCUT2D eigenvalue weighted by atomic mass is 35.5. The van der Waals surface area contributed by atoms with Crippen LogP contribution in [0, 0.1) is 12.8 Å². The SMILES string of the molecule is COc1c(C(=O)O)ccc(-n2nc(-c3c(Cl)cccc3CNC(=O)C3CC3)[nH]c2=O)c1C. The molecule has 0 saturated heterocycles. The van der Waals surface area contributed by atoms with Gasteiger partial charge in [0.05, 0.1) is 17.8 Å². The van der Waals surface area contributed by atoms with Crippen molar-refractivity contribution < 1.29 is 19.4 Å². The van der Waals surface area contributed by atoms with Gasteiger partial charge in [0, 0.05) is 23.6 Å². The molecule has 10 heteroatoms. The van der Waals surface area contributed by atoms with E-state index in [1.165, 1.54) is 19.2 Å². The number of aromatic nitrogens is 3. The number of carboxylic acids is 1. The number of hydrogen-bond acceptors (Lipinski definition) is 5. The van der Waals surface area contributed by atoms with Crippen molar-refractivity contribution >= 4 is 23.5 Å². The minimum Gasteiger partial charge on any atom is -0.495 e. The number of nitrogens with zero attached hydrogens (tertiary/aromatic N) is 2. The molecule has 32 heavy (non-hydrogen) atoms. The van der Waals surface area contributed by atoms with Crippen LogP contribution in [-0.2, 0) is 11.3 Å². The van der Waals surface area contributed by atoms with E-state index in [0.717, 1.165) is 17.5 Å². The van der Waals surface area contributed by atoms with Crippen molar-refractivity contribution in [3.05, 3.63) is 62.5 Å². The Labute approximate surface area is 188 Å². The van der Waals surface area contributed by atoms with Crippen LogP contribution in [0.15, 0.2) is 35.1 Å². The van der Waals surface area contributed by atoms with E-state index in [4.69, 9.17) is 16.3 Å². The molecule has 1 saturated carbocycles. The fourth-order valence-electron chi connectivity index (χ4n) is 3.60. The van der Waals surface area contributed by atoms with Crippen molar-refractivity contribution in [2.24, 2.45) is 5.92 Å². The Balaban J connectivity index is 1.74. The number of halogens is 1. The predicted octanol–water partition coefficient (Wildman–Crippen LogP) is 2.92. The van der Waals surface area contributed by atoms with Gasteiger partial charge in [-0.05, 0) is 43.5 Å². The van der Waals surface area contributed by atoms with Gasteiger partial charge >= 0.3 is 11.7 Å². The molecule has 1 fully saturated rings. The maximum absolute atomic E-state index is 12.7. The second kappa shape index (κ2) is 8.51. The van der Waals surface area contributed by atoms with Crippen molar-refractivity contribution in [3.63, 3.8) is 0 Å². The van der Waals surface area contributed by atoms with Gasteiger partial charge in [-0.1, -0.05) is 23.7 Å². The molecule has 1 amide bonds. The van der Waals surface area contributed by atoms with Gasteiger partial charge in [0.25, 0.3) is 0 Å². The van der Waals surface area contributed by atoms with Crippen molar-refractivity contribution in [3.8, 4) is 22.8 Å². The molecule has 1 heterocycles. The van der Waals surface area contributed by atoms with Crippen LogP contribution in [0.2, 0.25) is 5.02 Å². The maximum Gasteiger partial charge on any atom is 0.348 e. The topological polar surface area (TPSA) is 126 Å². The number of aromatic amines is 1. The number of aromatic carboxylic acids is 1. The van der Waals surface area contributed by atoms with Gasteiger partial charge in [-0.2, -0.15) is 4.68 Å². The lowest BCUT2D eigenvalue weighted by Gasteiger charge is -2.12. The second-order valence-corrected chi connectivity index (χ2v) is 7.96. The summed E-state index contributed by atoms with van der Waals surface area (Å²) < 4.78 is 6.39. The Morgan fingerprint density at radius 1 is 1.31 bits per heavy atom. The molecule has 2 aromatic carbocycles. The molecule has 1 aromatic heterocycles.